The van der Waals surface area contributed by atoms with E-state index >= 15 is 0 Å². The number of hydrogen-bond acceptors (Lipinski definition) is 0. The average molecular weight is 819 g/mol. The highest BCUT2D eigenvalue weighted by Crippen LogP contribution is 2.58. The van der Waals surface area contributed by atoms with E-state index in [0.29, 0.717) is 0 Å². The molecule has 0 aliphatic heterocycles. The lowest BCUT2D eigenvalue weighted by Gasteiger charge is -2.23. The molecule has 0 amide bonds. The zero-order valence-corrected chi connectivity index (χ0v) is 37.6. The molecular formula is C64H50. The number of allylic oxidation sites excluding steroid dienone is 8. The Hall–Kier alpha value is -7.28. The quantitative estimate of drug-likeness (QED) is 0.155. The summed E-state index contributed by atoms with van der Waals surface area (Å²) in [4.78, 5) is 0. The van der Waals surface area contributed by atoms with Crippen LogP contribution in [0.5, 0.6) is 0 Å². The maximum Gasteiger partial charge on any atom is -0.00130 e. The molecule has 306 valence electrons. The van der Waals surface area contributed by atoms with E-state index in [0.717, 1.165) is 12.8 Å². The highest BCUT2D eigenvalue weighted by Gasteiger charge is 2.35. The van der Waals surface area contributed by atoms with Crippen molar-refractivity contribution in [1.82, 2.24) is 0 Å². The topological polar surface area (TPSA) is 0 Å². The first kappa shape index (κ1) is 38.4. The van der Waals surface area contributed by atoms with Gasteiger partial charge in [-0.3, -0.25) is 0 Å². The molecule has 3 aliphatic rings. The van der Waals surface area contributed by atoms with Crippen LogP contribution in [0.4, 0.5) is 0 Å². The number of fused-ring (bicyclic) bond motifs is 13. The molecule has 9 aromatic rings. The molecule has 64 heavy (non-hydrogen) atoms. The summed E-state index contributed by atoms with van der Waals surface area (Å²) >= 11 is 0. The van der Waals surface area contributed by atoms with Gasteiger partial charge in [-0.2, -0.15) is 0 Å². The number of rotatable bonds is 4. The van der Waals surface area contributed by atoms with Gasteiger partial charge in [0.25, 0.3) is 0 Å². The first-order valence-corrected chi connectivity index (χ1v) is 22.9. The second-order valence-electron chi connectivity index (χ2n) is 18.8. The van der Waals surface area contributed by atoms with E-state index < -0.39 is 0 Å². The van der Waals surface area contributed by atoms with Gasteiger partial charge in [-0.25, -0.2) is 0 Å². The third-order valence-corrected chi connectivity index (χ3v) is 14.3. The Morgan fingerprint density at radius 2 is 0.656 bits per heavy atom. The van der Waals surface area contributed by atoms with Gasteiger partial charge in [-0.1, -0.05) is 180 Å². The molecule has 0 fully saturated rings. The van der Waals surface area contributed by atoms with E-state index in [-0.39, 0.29) is 0 Å². The summed E-state index contributed by atoms with van der Waals surface area (Å²) < 4.78 is 0. The molecule has 4 bridgehead atoms. The molecule has 0 N–H and O–H groups in total. The van der Waals surface area contributed by atoms with Crippen molar-refractivity contribution in [2.24, 2.45) is 0 Å². The fourth-order valence-corrected chi connectivity index (χ4v) is 11.4. The van der Waals surface area contributed by atoms with E-state index in [4.69, 9.17) is 0 Å². The van der Waals surface area contributed by atoms with Crippen LogP contribution in [-0.4, -0.2) is 0 Å². The van der Waals surface area contributed by atoms with Gasteiger partial charge in [-0.05, 0) is 199 Å². The largest absolute Gasteiger partial charge is 0.0616 e. The van der Waals surface area contributed by atoms with Gasteiger partial charge < -0.3 is 0 Å². The summed E-state index contributed by atoms with van der Waals surface area (Å²) in [6.45, 7) is 13.5. The first-order chi connectivity index (χ1) is 31.2. The van der Waals surface area contributed by atoms with Gasteiger partial charge in [0.1, 0.15) is 0 Å². The molecule has 0 saturated carbocycles. The molecule has 0 heteroatoms. The molecule has 0 saturated heterocycles. The van der Waals surface area contributed by atoms with Gasteiger partial charge >= 0.3 is 0 Å². The average Bonchev–Trinajstić information content (AvgIpc) is 3.83. The van der Waals surface area contributed by atoms with E-state index in [1.807, 2.05) is 0 Å². The Morgan fingerprint density at radius 1 is 0.281 bits per heavy atom. The van der Waals surface area contributed by atoms with Crippen LogP contribution in [0, 0.1) is 41.5 Å². The van der Waals surface area contributed by atoms with Crippen molar-refractivity contribution in [2.45, 2.75) is 54.4 Å². The Morgan fingerprint density at radius 3 is 1.12 bits per heavy atom. The van der Waals surface area contributed by atoms with E-state index in [1.54, 1.807) is 0 Å². The first-order valence-electron chi connectivity index (χ1n) is 22.9. The lowest BCUT2D eigenvalue weighted by atomic mass is 9.80. The maximum absolute atomic E-state index is 2.52. The molecular weight excluding hydrogens is 769 g/mol. The highest BCUT2D eigenvalue weighted by molar-refractivity contribution is 6.21. The van der Waals surface area contributed by atoms with Crippen molar-refractivity contribution in [3.63, 3.8) is 0 Å². The zero-order chi connectivity index (χ0) is 43.4. The van der Waals surface area contributed by atoms with E-state index in [2.05, 4.69) is 211 Å². The van der Waals surface area contributed by atoms with Crippen LogP contribution in [0.1, 0.15) is 68.5 Å². The fourth-order valence-electron chi connectivity index (χ4n) is 11.4. The van der Waals surface area contributed by atoms with Gasteiger partial charge in [0.05, 0.1) is 0 Å². The third-order valence-electron chi connectivity index (χ3n) is 14.3. The van der Waals surface area contributed by atoms with Gasteiger partial charge in [0, 0.05) is 0 Å². The lowest BCUT2D eigenvalue weighted by molar-refractivity contribution is 1.39. The van der Waals surface area contributed by atoms with Crippen LogP contribution in [0.25, 0.3) is 99.1 Å². The van der Waals surface area contributed by atoms with E-state index in [9.17, 15) is 0 Å². The van der Waals surface area contributed by atoms with E-state index in [1.165, 1.54) is 155 Å². The van der Waals surface area contributed by atoms with Crippen LogP contribution in [0.15, 0.2) is 170 Å². The number of benzene rings is 9. The Labute approximate surface area is 377 Å². The molecule has 0 nitrogen and oxygen atoms in total. The Bertz CT molecular complexity index is 3650. The molecule has 0 spiro atoms. The summed E-state index contributed by atoms with van der Waals surface area (Å²) in [6, 6.07) is 55.3. The highest BCUT2D eigenvalue weighted by atomic mass is 14.4. The summed E-state index contributed by atoms with van der Waals surface area (Å²) in [5.41, 5.74) is 29.3. The van der Waals surface area contributed by atoms with Crippen LogP contribution in [0.3, 0.4) is 0 Å². The zero-order valence-electron chi connectivity index (χ0n) is 37.6. The van der Waals surface area contributed by atoms with Crippen molar-refractivity contribution in [2.75, 3.05) is 0 Å². The number of aryl methyl sites for hydroxylation is 6. The van der Waals surface area contributed by atoms with Gasteiger partial charge in [-0.15, -0.1) is 0 Å². The standard InChI is InChI=1S/C64H50/c1-37-13-11-17-45(29-37)57-51-19-9-10-20-52(51)63(53-31-39(3)21-23-41(53)5)61-49-27-28-50-34-48(26-25-47(33-49)59(57)61)60-58(46-18-12-14-38(2)30-46)55-35-43-15-7-8-16-44(43)36-56(55)64(62(50)60)54-32-40(4)22-24-42(54)6/h7-32,35-36H,33-34H2,1-6H3. The van der Waals surface area contributed by atoms with Crippen LogP contribution >= 0.6 is 0 Å². The lowest BCUT2D eigenvalue weighted by Crippen LogP contribution is -1.99. The minimum absolute atomic E-state index is 0.863. The normalized spacial score (nSPS) is 14.0. The van der Waals surface area contributed by atoms with Crippen molar-refractivity contribution in [3.05, 3.63) is 226 Å². The fraction of sp³-hybridized carbons (Fsp3) is 0.125. The third kappa shape index (κ3) is 5.96. The Balaban J connectivity index is 1.25. The van der Waals surface area contributed by atoms with Crippen molar-refractivity contribution in [1.29, 1.82) is 0 Å². The SMILES string of the molecule is Cc1cccc(-c2c3c(c(-c4cc(C)ccc4C)c4ccccc24)C2=CC=C4CC(=CC=C3C2)c2c4c(-c3cc(C)ccc3C)c3cc4ccccc4cc3c2-c2cccc(C)c2)c1. The van der Waals surface area contributed by atoms with Crippen LogP contribution < -0.4 is 0 Å². The maximum atomic E-state index is 2.52. The second-order valence-corrected chi connectivity index (χ2v) is 18.8. The smallest absolute Gasteiger partial charge is 0.00130 e. The molecule has 0 radical (unpaired) electrons. The molecule has 9 aromatic carbocycles. The summed E-state index contributed by atoms with van der Waals surface area (Å²) in [5.74, 6) is 0. The van der Waals surface area contributed by atoms with Crippen molar-refractivity contribution < 1.29 is 0 Å². The summed E-state index contributed by atoms with van der Waals surface area (Å²) in [7, 11) is 0. The van der Waals surface area contributed by atoms with Crippen LogP contribution in [0.2, 0.25) is 0 Å². The second kappa shape index (κ2) is 14.6. The minimum Gasteiger partial charge on any atom is -0.0616 e. The van der Waals surface area contributed by atoms with Gasteiger partial charge in [0.15, 0.2) is 0 Å². The summed E-state index contributed by atoms with van der Waals surface area (Å²) in [6.07, 6.45) is 11.8. The van der Waals surface area contributed by atoms with Crippen molar-refractivity contribution in [3.8, 4) is 44.5 Å². The molecule has 0 atom stereocenters. The number of hydrogen-bond donors (Lipinski definition) is 0. The minimum atomic E-state index is 0.863. The molecule has 0 heterocycles. The Kier molecular flexibility index (Phi) is 8.79. The molecule has 0 unspecified atom stereocenters. The monoisotopic (exact) mass is 818 g/mol. The predicted octanol–water partition coefficient (Wildman–Crippen LogP) is 17.7. The van der Waals surface area contributed by atoms with Crippen molar-refractivity contribution >= 4 is 54.6 Å². The van der Waals surface area contributed by atoms with Crippen LogP contribution in [-0.2, 0) is 0 Å². The molecule has 0 aromatic heterocycles. The van der Waals surface area contributed by atoms with Gasteiger partial charge in [0.2, 0.25) is 0 Å². The predicted molar refractivity (Wildman–Crippen MR) is 277 cm³/mol. The molecule has 12 rings (SSSR count). The molecule has 3 aliphatic carbocycles. The summed E-state index contributed by atoms with van der Waals surface area (Å²) in [5, 5.41) is 7.78.